The molecule has 23 heavy (non-hydrogen) atoms. The molecule has 0 amide bonds. The van der Waals surface area contributed by atoms with Gasteiger partial charge in [-0.3, -0.25) is 9.89 Å². The molecule has 2 N–H and O–H groups in total. The van der Waals surface area contributed by atoms with Crippen LogP contribution in [0.4, 0.5) is 0 Å². The molecule has 0 aliphatic carbocycles. The lowest BCUT2D eigenvalue weighted by Crippen LogP contribution is -2.54. The number of guanidine groups is 1. The van der Waals surface area contributed by atoms with Crippen LogP contribution in [0.2, 0.25) is 0 Å². The quantitative estimate of drug-likeness (QED) is 0.494. The zero-order valence-corrected chi connectivity index (χ0v) is 15.6. The van der Waals surface area contributed by atoms with E-state index in [2.05, 4.69) is 41.3 Å². The van der Waals surface area contributed by atoms with Gasteiger partial charge in [0, 0.05) is 45.9 Å². The number of hydrogen-bond donors (Lipinski definition) is 2. The summed E-state index contributed by atoms with van der Waals surface area (Å²) < 4.78 is 10.7. The average Bonchev–Trinajstić information content (AvgIpc) is 2.58. The van der Waals surface area contributed by atoms with Crippen LogP contribution in [0.3, 0.4) is 0 Å². The maximum Gasteiger partial charge on any atom is 0.191 e. The van der Waals surface area contributed by atoms with Crippen LogP contribution in [-0.2, 0) is 9.47 Å². The Bertz CT molecular complexity index is 329. The van der Waals surface area contributed by atoms with Crippen LogP contribution in [0.25, 0.3) is 0 Å². The van der Waals surface area contributed by atoms with Crippen molar-refractivity contribution in [1.29, 1.82) is 0 Å². The molecule has 0 aromatic rings. The molecular formula is C17H36N4O2. The molecule has 0 bridgehead atoms. The molecule has 1 fully saturated rings. The van der Waals surface area contributed by atoms with E-state index in [-0.39, 0.29) is 6.04 Å². The fourth-order valence-corrected chi connectivity index (χ4v) is 3.26. The second kappa shape index (κ2) is 11.6. The van der Waals surface area contributed by atoms with Gasteiger partial charge in [0.25, 0.3) is 0 Å². The number of nitrogens with zero attached hydrogens (tertiary/aromatic N) is 2. The minimum absolute atomic E-state index is 0.237. The summed E-state index contributed by atoms with van der Waals surface area (Å²) in [5.74, 6) is 1.54. The highest BCUT2D eigenvalue weighted by molar-refractivity contribution is 5.79. The number of nitrogens with one attached hydrogen (secondary N) is 2. The molecule has 1 saturated heterocycles. The molecule has 1 rings (SSSR count). The molecule has 0 saturated carbocycles. The first-order chi connectivity index (χ1) is 11.2. The fourth-order valence-electron chi connectivity index (χ4n) is 3.26. The highest BCUT2D eigenvalue weighted by Crippen LogP contribution is 2.19. The number of ether oxygens (including phenoxy) is 2. The van der Waals surface area contributed by atoms with Gasteiger partial charge in [-0.05, 0) is 12.8 Å². The lowest BCUT2D eigenvalue weighted by molar-refractivity contribution is 0.00270. The summed E-state index contributed by atoms with van der Waals surface area (Å²) in [6.07, 6.45) is 2.40. The van der Waals surface area contributed by atoms with Crippen molar-refractivity contribution >= 4 is 5.96 Å². The SMILES string of the molecule is CCC(CC)C(CNC(=NC)NC(C)COC)N1CCOCC1. The lowest BCUT2D eigenvalue weighted by Gasteiger charge is -2.39. The Balaban J connectivity index is 2.60. The van der Waals surface area contributed by atoms with E-state index < -0.39 is 0 Å². The first-order valence-electron chi connectivity index (χ1n) is 8.94. The molecule has 1 heterocycles. The van der Waals surface area contributed by atoms with Gasteiger partial charge in [-0.2, -0.15) is 0 Å². The van der Waals surface area contributed by atoms with E-state index in [0.29, 0.717) is 18.6 Å². The van der Waals surface area contributed by atoms with E-state index >= 15 is 0 Å². The molecule has 136 valence electrons. The van der Waals surface area contributed by atoms with Crippen molar-refractivity contribution in [2.45, 2.75) is 45.7 Å². The summed E-state index contributed by atoms with van der Waals surface area (Å²) in [6.45, 7) is 12.0. The molecule has 0 aromatic carbocycles. The monoisotopic (exact) mass is 328 g/mol. The highest BCUT2D eigenvalue weighted by Gasteiger charge is 2.27. The third kappa shape index (κ3) is 7.06. The van der Waals surface area contributed by atoms with Crippen LogP contribution in [0.5, 0.6) is 0 Å². The Labute approximate surface area is 142 Å². The van der Waals surface area contributed by atoms with E-state index in [1.807, 2.05) is 7.05 Å². The molecule has 2 atom stereocenters. The van der Waals surface area contributed by atoms with E-state index in [0.717, 1.165) is 38.8 Å². The van der Waals surface area contributed by atoms with Crippen LogP contribution in [0, 0.1) is 5.92 Å². The van der Waals surface area contributed by atoms with Crippen molar-refractivity contribution in [2.24, 2.45) is 10.9 Å². The summed E-state index contributed by atoms with van der Waals surface area (Å²) in [7, 11) is 3.53. The summed E-state index contributed by atoms with van der Waals surface area (Å²) >= 11 is 0. The molecule has 0 radical (unpaired) electrons. The molecule has 0 aromatic heterocycles. The standard InChI is InChI=1S/C17H36N4O2/c1-6-15(7-2)16(21-8-10-23-11-9-21)12-19-17(18-4)20-14(3)13-22-5/h14-16H,6-13H2,1-5H3,(H2,18,19,20). The first kappa shape index (κ1) is 20.2. The van der Waals surface area contributed by atoms with Crippen molar-refractivity contribution in [1.82, 2.24) is 15.5 Å². The minimum atomic E-state index is 0.237. The molecule has 6 heteroatoms. The second-order valence-corrected chi connectivity index (χ2v) is 6.25. The second-order valence-electron chi connectivity index (χ2n) is 6.25. The molecule has 6 nitrogen and oxygen atoms in total. The molecular weight excluding hydrogens is 292 g/mol. The Morgan fingerprint density at radius 1 is 1.26 bits per heavy atom. The van der Waals surface area contributed by atoms with Crippen molar-refractivity contribution in [3.63, 3.8) is 0 Å². The van der Waals surface area contributed by atoms with Gasteiger partial charge < -0.3 is 20.1 Å². The predicted octanol–water partition coefficient (Wildman–Crippen LogP) is 1.32. The number of morpholine rings is 1. The Kier molecular flexibility index (Phi) is 10.2. The van der Waals surface area contributed by atoms with Gasteiger partial charge >= 0.3 is 0 Å². The summed E-state index contributed by atoms with van der Waals surface area (Å²) in [6, 6.07) is 0.756. The van der Waals surface area contributed by atoms with Gasteiger partial charge in [-0.25, -0.2) is 0 Å². The maximum absolute atomic E-state index is 5.51. The molecule has 1 aliphatic rings. The van der Waals surface area contributed by atoms with Crippen LogP contribution < -0.4 is 10.6 Å². The minimum Gasteiger partial charge on any atom is -0.383 e. The largest absolute Gasteiger partial charge is 0.383 e. The van der Waals surface area contributed by atoms with Gasteiger partial charge in [0.2, 0.25) is 0 Å². The van der Waals surface area contributed by atoms with E-state index in [1.54, 1.807) is 7.11 Å². The van der Waals surface area contributed by atoms with Crippen LogP contribution >= 0.6 is 0 Å². The number of hydrogen-bond acceptors (Lipinski definition) is 4. The number of methoxy groups -OCH3 is 1. The van der Waals surface area contributed by atoms with Gasteiger partial charge in [-0.1, -0.05) is 26.7 Å². The van der Waals surface area contributed by atoms with Crippen molar-refractivity contribution in [3.8, 4) is 0 Å². The summed E-state index contributed by atoms with van der Waals surface area (Å²) in [4.78, 5) is 6.90. The first-order valence-corrected chi connectivity index (χ1v) is 8.94. The third-order valence-corrected chi connectivity index (χ3v) is 4.61. The third-order valence-electron chi connectivity index (χ3n) is 4.61. The molecule has 1 aliphatic heterocycles. The van der Waals surface area contributed by atoms with Crippen LogP contribution in [0.15, 0.2) is 4.99 Å². The van der Waals surface area contributed by atoms with E-state index in [4.69, 9.17) is 9.47 Å². The summed E-state index contributed by atoms with van der Waals surface area (Å²) in [5.41, 5.74) is 0. The van der Waals surface area contributed by atoms with Gasteiger partial charge in [-0.15, -0.1) is 0 Å². The molecule has 2 unspecified atom stereocenters. The van der Waals surface area contributed by atoms with Gasteiger partial charge in [0.1, 0.15) is 0 Å². The Morgan fingerprint density at radius 2 is 1.91 bits per heavy atom. The van der Waals surface area contributed by atoms with Crippen LogP contribution in [0.1, 0.15) is 33.6 Å². The Morgan fingerprint density at radius 3 is 2.43 bits per heavy atom. The highest BCUT2D eigenvalue weighted by atomic mass is 16.5. The zero-order valence-electron chi connectivity index (χ0n) is 15.6. The zero-order chi connectivity index (χ0) is 17.1. The van der Waals surface area contributed by atoms with Crippen molar-refractivity contribution < 1.29 is 9.47 Å². The lowest BCUT2D eigenvalue weighted by atomic mass is 9.92. The number of rotatable bonds is 9. The number of aliphatic imine (C=N–C) groups is 1. The van der Waals surface area contributed by atoms with E-state index in [1.165, 1.54) is 12.8 Å². The van der Waals surface area contributed by atoms with Crippen molar-refractivity contribution in [3.05, 3.63) is 0 Å². The summed E-state index contributed by atoms with van der Waals surface area (Å²) in [5, 5.41) is 6.88. The van der Waals surface area contributed by atoms with Gasteiger partial charge in [0.15, 0.2) is 5.96 Å². The van der Waals surface area contributed by atoms with E-state index in [9.17, 15) is 0 Å². The normalized spacial score (nSPS) is 19.7. The Hall–Kier alpha value is -0.850. The maximum atomic E-state index is 5.51. The average molecular weight is 329 g/mol. The topological polar surface area (TPSA) is 58.1 Å². The molecule has 0 spiro atoms. The predicted molar refractivity (Wildman–Crippen MR) is 96.1 cm³/mol. The smallest absolute Gasteiger partial charge is 0.191 e. The fraction of sp³-hybridized carbons (Fsp3) is 0.941. The van der Waals surface area contributed by atoms with Crippen molar-refractivity contribution in [2.75, 3.05) is 53.6 Å². The van der Waals surface area contributed by atoms with Gasteiger partial charge in [0.05, 0.1) is 19.8 Å². The van der Waals surface area contributed by atoms with Crippen LogP contribution in [-0.4, -0.2) is 76.6 Å².